The summed E-state index contributed by atoms with van der Waals surface area (Å²) in [5.74, 6) is 0.469. The van der Waals surface area contributed by atoms with E-state index in [1.165, 1.54) is 28.8 Å². The molecule has 0 radical (unpaired) electrons. The molecule has 3 aromatic rings. The van der Waals surface area contributed by atoms with Crippen LogP contribution in [0.5, 0.6) is 0 Å². The third-order valence-corrected chi connectivity index (χ3v) is 5.94. The summed E-state index contributed by atoms with van der Waals surface area (Å²) in [7, 11) is 0. The molecule has 0 aliphatic heterocycles. The fraction of sp³-hybridized carbons (Fsp3) is 0.368. The van der Waals surface area contributed by atoms with Crippen LogP contribution in [-0.2, 0) is 13.0 Å². The summed E-state index contributed by atoms with van der Waals surface area (Å²) in [6, 6.07) is 8.30. The molecular weight excluding hydrogens is 304 g/mol. The Hall–Kier alpha value is -1.94. The molecule has 0 N–H and O–H groups in total. The molecule has 0 bridgehead atoms. The minimum Gasteiger partial charge on any atom is -0.294 e. The summed E-state index contributed by atoms with van der Waals surface area (Å²) in [5, 5.41) is 0.868. The largest absolute Gasteiger partial charge is 0.294 e. The van der Waals surface area contributed by atoms with E-state index < -0.39 is 0 Å². The van der Waals surface area contributed by atoms with Crippen molar-refractivity contribution in [2.75, 3.05) is 0 Å². The molecule has 1 atom stereocenters. The molecule has 1 aromatic carbocycles. The Morgan fingerprint density at radius 1 is 1.39 bits per heavy atom. The lowest BCUT2D eigenvalue weighted by atomic mass is 9.88. The van der Waals surface area contributed by atoms with Crippen LogP contribution in [-0.4, -0.2) is 9.55 Å². The van der Waals surface area contributed by atoms with Crippen molar-refractivity contribution in [3.05, 3.63) is 62.5 Å². The SMILES string of the molecule is Cc1cccc(Cn2cnc3sc4c(c3c2=O)C(C)CCC4)c1. The van der Waals surface area contributed by atoms with Crippen molar-refractivity contribution in [2.45, 2.75) is 45.6 Å². The van der Waals surface area contributed by atoms with Gasteiger partial charge in [0.2, 0.25) is 0 Å². The number of nitrogens with zero attached hydrogens (tertiary/aromatic N) is 2. The van der Waals surface area contributed by atoms with E-state index in [2.05, 4.69) is 37.0 Å². The summed E-state index contributed by atoms with van der Waals surface area (Å²) in [6.07, 6.45) is 5.20. The number of thiophene rings is 1. The highest BCUT2D eigenvalue weighted by Crippen LogP contribution is 2.39. The summed E-state index contributed by atoms with van der Waals surface area (Å²) in [4.78, 5) is 19.9. The lowest BCUT2D eigenvalue weighted by Crippen LogP contribution is -2.22. The molecule has 3 nitrogen and oxygen atoms in total. The van der Waals surface area contributed by atoms with Crippen molar-refractivity contribution in [3.63, 3.8) is 0 Å². The quantitative estimate of drug-likeness (QED) is 0.706. The number of hydrogen-bond acceptors (Lipinski definition) is 3. The van der Waals surface area contributed by atoms with E-state index in [1.54, 1.807) is 22.2 Å². The number of benzene rings is 1. The number of hydrogen-bond donors (Lipinski definition) is 0. The smallest absolute Gasteiger partial charge is 0.262 e. The van der Waals surface area contributed by atoms with E-state index in [9.17, 15) is 4.79 Å². The third-order valence-electron chi connectivity index (χ3n) is 4.76. The van der Waals surface area contributed by atoms with Crippen LogP contribution in [0.1, 0.15) is 47.3 Å². The van der Waals surface area contributed by atoms with Crippen LogP contribution in [0.4, 0.5) is 0 Å². The molecule has 4 heteroatoms. The second kappa shape index (κ2) is 5.60. The number of fused-ring (bicyclic) bond motifs is 3. The fourth-order valence-corrected chi connectivity index (χ4v) is 4.93. The molecule has 2 heterocycles. The minimum atomic E-state index is 0.114. The second-order valence-corrected chi connectivity index (χ2v) is 7.66. The normalized spacial score (nSPS) is 17.4. The van der Waals surface area contributed by atoms with Gasteiger partial charge in [0, 0.05) is 4.88 Å². The standard InChI is InChI=1S/C19H20N2OS/c1-12-5-3-7-14(9-12)10-21-11-20-18-17(19(21)22)16-13(2)6-4-8-15(16)23-18/h3,5,7,9,11,13H,4,6,8,10H2,1-2H3. The Labute approximate surface area is 139 Å². The van der Waals surface area contributed by atoms with Gasteiger partial charge in [0.15, 0.2) is 0 Å². The number of rotatable bonds is 2. The summed E-state index contributed by atoms with van der Waals surface area (Å²) in [5.41, 5.74) is 3.74. The summed E-state index contributed by atoms with van der Waals surface area (Å²) in [6.45, 7) is 4.90. The molecule has 1 unspecified atom stereocenters. The molecule has 1 aliphatic carbocycles. The van der Waals surface area contributed by atoms with Gasteiger partial charge < -0.3 is 0 Å². The third kappa shape index (κ3) is 2.51. The van der Waals surface area contributed by atoms with E-state index in [4.69, 9.17) is 0 Å². The average molecular weight is 324 g/mol. The highest BCUT2D eigenvalue weighted by molar-refractivity contribution is 7.18. The molecule has 0 fully saturated rings. The van der Waals surface area contributed by atoms with Gasteiger partial charge in [0.1, 0.15) is 4.83 Å². The Balaban J connectivity index is 1.84. The van der Waals surface area contributed by atoms with Crippen LogP contribution < -0.4 is 5.56 Å². The van der Waals surface area contributed by atoms with E-state index in [0.717, 1.165) is 22.2 Å². The van der Waals surface area contributed by atoms with Gasteiger partial charge in [-0.25, -0.2) is 4.98 Å². The maximum Gasteiger partial charge on any atom is 0.262 e. The van der Waals surface area contributed by atoms with Crippen molar-refractivity contribution >= 4 is 21.6 Å². The topological polar surface area (TPSA) is 34.9 Å². The predicted octanol–water partition coefficient (Wildman–Crippen LogP) is 4.25. The summed E-state index contributed by atoms with van der Waals surface area (Å²) < 4.78 is 1.76. The number of aryl methyl sites for hydroxylation is 2. The lowest BCUT2D eigenvalue weighted by molar-refractivity contribution is 0.601. The first-order chi connectivity index (χ1) is 11.1. The van der Waals surface area contributed by atoms with Gasteiger partial charge in [0.25, 0.3) is 5.56 Å². The van der Waals surface area contributed by atoms with Crippen molar-refractivity contribution < 1.29 is 0 Å². The van der Waals surface area contributed by atoms with E-state index in [-0.39, 0.29) is 5.56 Å². The van der Waals surface area contributed by atoms with Crippen LogP contribution in [0.2, 0.25) is 0 Å². The van der Waals surface area contributed by atoms with Gasteiger partial charge in [-0.05, 0) is 43.2 Å². The summed E-state index contributed by atoms with van der Waals surface area (Å²) >= 11 is 1.71. The van der Waals surface area contributed by atoms with E-state index in [1.807, 2.05) is 6.07 Å². The average Bonchev–Trinajstić information content (AvgIpc) is 2.91. The zero-order chi connectivity index (χ0) is 16.0. The molecule has 1 aliphatic rings. The fourth-order valence-electron chi connectivity index (χ4n) is 3.63. The zero-order valence-electron chi connectivity index (χ0n) is 13.5. The minimum absolute atomic E-state index is 0.114. The predicted molar refractivity (Wildman–Crippen MR) is 95.5 cm³/mol. The highest BCUT2D eigenvalue weighted by Gasteiger charge is 2.24. The van der Waals surface area contributed by atoms with Crippen LogP contribution in [0.15, 0.2) is 35.4 Å². The molecule has 0 saturated heterocycles. The highest BCUT2D eigenvalue weighted by atomic mass is 32.1. The lowest BCUT2D eigenvalue weighted by Gasteiger charge is -2.18. The van der Waals surface area contributed by atoms with Crippen molar-refractivity contribution in [2.24, 2.45) is 0 Å². The first kappa shape index (κ1) is 14.6. The van der Waals surface area contributed by atoms with Crippen molar-refractivity contribution in [3.8, 4) is 0 Å². The molecule has 0 saturated carbocycles. The van der Waals surface area contributed by atoms with E-state index >= 15 is 0 Å². The van der Waals surface area contributed by atoms with Crippen LogP contribution in [0.3, 0.4) is 0 Å². The van der Waals surface area contributed by atoms with E-state index in [0.29, 0.717) is 12.5 Å². The Morgan fingerprint density at radius 2 is 2.26 bits per heavy atom. The van der Waals surface area contributed by atoms with Crippen molar-refractivity contribution in [1.29, 1.82) is 0 Å². The van der Waals surface area contributed by atoms with Crippen LogP contribution >= 0.6 is 11.3 Å². The van der Waals surface area contributed by atoms with Gasteiger partial charge in [-0.2, -0.15) is 0 Å². The second-order valence-electron chi connectivity index (χ2n) is 6.58. The molecule has 2 aromatic heterocycles. The Kier molecular flexibility index (Phi) is 3.57. The monoisotopic (exact) mass is 324 g/mol. The van der Waals surface area contributed by atoms with Gasteiger partial charge in [-0.3, -0.25) is 9.36 Å². The molecule has 4 rings (SSSR count). The maximum atomic E-state index is 13.0. The molecule has 0 amide bonds. The van der Waals surface area contributed by atoms with Gasteiger partial charge in [-0.1, -0.05) is 36.8 Å². The first-order valence-corrected chi connectivity index (χ1v) is 9.01. The van der Waals surface area contributed by atoms with Crippen molar-refractivity contribution in [1.82, 2.24) is 9.55 Å². The molecule has 118 valence electrons. The number of aromatic nitrogens is 2. The maximum absolute atomic E-state index is 13.0. The van der Waals surface area contributed by atoms with Gasteiger partial charge in [-0.15, -0.1) is 11.3 Å². The first-order valence-electron chi connectivity index (χ1n) is 8.19. The zero-order valence-corrected chi connectivity index (χ0v) is 14.3. The molecule has 0 spiro atoms. The van der Waals surface area contributed by atoms with Crippen LogP contribution in [0.25, 0.3) is 10.2 Å². The van der Waals surface area contributed by atoms with Crippen LogP contribution in [0, 0.1) is 6.92 Å². The van der Waals surface area contributed by atoms with Gasteiger partial charge >= 0.3 is 0 Å². The molecular formula is C19H20N2OS. The molecule has 23 heavy (non-hydrogen) atoms. The van der Waals surface area contributed by atoms with Gasteiger partial charge in [0.05, 0.1) is 18.3 Å². The Bertz CT molecular complexity index is 938. The Morgan fingerprint density at radius 3 is 3.09 bits per heavy atom.